The van der Waals surface area contributed by atoms with Gasteiger partial charge in [0.15, 0.2) is 0 Å². The van der Waals surface area contributed by atoms with Crippen molar-refractivity contribution in [3.05, 3.63) is 50.6 Å². The van der Waals surface area contributed by atoms with Crippen LogP contribution in [0.3, 0.4) is 0 Å². The van der Waals surface area contributed by atoms with Crippen LogP contribution in [0.15, 0.2) is 35.1 Å². The number of rotatable bonds is 1. The van der Waals surface area contributed by atoms with Crippen molar-refractivity contribution in [3.63, 3.8) is 0 Å². The predicted molar refractivity (Wildman–Crippen MR) is 79.3 cm³/mol. The van der Waals surface area contributed by atoms with Crippen LogP contribution >= 0.6 is 22.9 Å². The number of hydrogen-bond acceptors (Lipinski definition) is 3. The quantitative estimate of drug-likeness (QED) is 0.714. The number of aromatic hydroxyl groups is 1. The third kappa shape index (κ3) is 2.03. The Bertz CT molecular complexity index is 835. The molecule has 0 unspecified atom stereocenters. The molecule has 2 heterocycles. The molecular weight excluding hydrogens is 282 g/mol. The SMILES string of the molecule is Cc1ccc(-c2c(O)c3ccc(Cl)cc3[nH]c2=O)s1. The number of benzene rings is 1. The summed E-state index contributed by atoms with van der Waals surface area (Å²) in [6.07, 6.45) is 0. The van der Waals surface area contributed by atoms with Crippen LogP contribution in [0.4, 0.5) is 0 Å². The molecule has 2 N–H and O–H groups in total. The van der Waals surface area contributed by atoms with Crippen molar-refractivity contribution in [2.45, 2.75) is 6.92 Å². The van der Waals surface area contributed by atoms with Crippen molar-refractivity contribution in [3.8, 4) is 16.2 Å². The molecule has 0 amide bonds. The summed E-state index contributed by atoms with van der Waals surface area (Å²) >= 11 is 7.36. The highest BCUT2D eigenvalue weighted by Gasteiger charge is 2.15. The zero-order chi connectivity index (χ0) is 13.6. The van der Waals surface area contributed by atoms with Gasteiger partial charge >= 0.3 is 0 Å². The van der Waals surface area contributed by atoms with E-state index < -0.39 is 0 Å². The van der Waals surface area contributed by atoms with Crippen molar-refractivity contribution in [1.82, 2.24) is 4.98 Å². The number of fused-ring (bicyclic) bond motifs is 1. The van der Waals surface area contributed by atoms with E-state index in [1.165, 1.54) is 11.3 Å². The van der Waals surface area contributed by atoms with Gasteiger partial charge in [0.2, 0.25) is 0 Å². The molecule has 0 atom stereocenters. The number of thiophene rings is 1. The molecular formula is C14H10ClNO2S. The lowest BCUT2D eigenvalue weighted by Gasteiger charge is -2.06. The standard InChI is InChI=1S/C14H10ClNO2S/c1-7-2-5-11(19-7)12-13(17)9-4-3-8(15)6-10(9)16-14(12)18/h2-6H,1H3,(H2,16,17,18). The van der Waals surface area contributed by atoms with Gasteiger partial charge in [-0.05, 0) is 37.3 Å². The van der Waals surface area contributed by atoms with Crippen LogP contribution in [0.25, 0.3) is 21.3 Å². The summed E-state index contributed by atoms with van der Waals surface area (Å²) in [7, 11) is 0. The number of pyridine rings is 1. The van der Waals surface area contributed by atoms with Gasteiger partial charge in [-0.25, -0.2) is 0 Å². The minimum Gasteiger partial charge on any atom is -0.506 e. The highest BCUT2D eigenvalue weighted by Crippen LogP contribution is 2.35. The van der Waals surface area contributed by atoms with Crippen LogP contribution < -0.4 is 5.56 Å². The zero-order valence-electron chi connectivity index (χ0n) is 10.0. The number of H-pyrrole nitrogens is 1. The van der Waals surface area contributed by atoms with Gasteiger partial charge < -0.3 is 10.1 Å². The topological polar surface area (TPSA) is 53.1 Å². The molecule has 0 aliphatic rings. The summed E-state index contributed by atoms with van der Waals surface area (Å²) < 4.78 is 0. The number of hydrogen-bond donors (Lipinski definition) is 2. The molecule has 2 aromatic heterocycles. The predicted octanol–water partition coefficient (Wildman–Crippen LogP) is 3.92. The fourth-order valence-electron chi connectivity index (χ4n) is 2.05. The summed E-state index contributed by atoms with van der Waals surface area (Å²) in [5, 5.41) is 11.4. The van der Waals surface area contributed by atoms with Crippen LogP contribution in [-0.4, -0.2) is 10.1 Å². The summed E-state index contributed by atoms with van der Waals surface area (Å²) in [4.78, 5) is 16.7. The Morgan fingerprint density at radius 3 is 2.74 bits per heavy atom. The van der Waals surface area contributed by atoms with Gasteiger partial charge in [0.25, 0.3) is 5.56 Å². The molecule has 0 radical (unpaired) electrons. The average Bonchev–Trinajstić information content (AvgIpc) is 2.75. The number of nitrogens with one attached hydrogen (secondary N) is 1. The van der Waals surface area contributed by atoms with Gasteiger partial charge in [0.05, 0.1) is 11.1 Å². The Labute approximate surface area is 118 Å². The van der Waals surface area contributed by atoms with E-state index >= 15 is 0 Å². The molecule has 3 nitrogen and oxygen atoms in total. The number of halogens is 1. The summed E-state index contributed by atoms with van der Waals surface area (Å²) in [6.45, 7) is 1.96. The lowest BCUT2D eigenvalue weighted by Crippen LogP contribution is -2.08. The van der Waals surface area contributed by atoms with Crippen LogP contribution in [-0.2, 0) is 0 Å². The van der Waals surface area contributed by atoms with Crippen LogP contribution in [0, 0.1) is 6.92 Å². The summed E-state index contributed by atoms with van der Waals surface area (Å²) in [5.74, 6) is -0.00253. The second-order valence-corrected chi connectivity index (χ2v) is 6.00. The minimum atomic E-state index is -0.311. The van der Waals surface area contributed by atoms with E-state index in [1.54, 1.807) is 18.2 Å². The molecule has 19 heavy (non-hydrogen) atoms. The van der Waals surface area contributed by atoms with Gasteiger partial charge in [0, 0.05) is 20.2 Å². The molecule has 0 saturated carbocycles. The first-order chi connectivity index (χ1) is 9.06. The first kappa shape index (κ1) is 12.3. The molecule has 0 bridgehead atoms. The third-order valence-electron chi connectivity index (χ3n) is 2.94. The minimum absolute atomic E-state index is 0.00253. The van der Waals surface area contributed by atoms with Crippen LogP contribution in [0.2, 0.25) is 5.02 Å². The van der Waals surface area contributed by atoms with Gasteiger partial charge in [-0.2, -0.15) is 0 Å². The van der Waals surface area contributed by atoms with E-state index in [0.717, 1.165) is 9.75 Å². The lowest BCUT2D eigenvalue weighted by atomic mass is 10.1. The molecule has 0 aliphatic carbocycles. The van der Waals surface area contributed by atoms with E-state index in [0.29, 0.717) is 21.5 Å². The Balaban J connectivity index is 2.38. The largest absolute Gasteiger partial charge is 0.506 e. The van der Waals surface area contributed by atoms with Crippen molar-refractivity contribution < 1.29 is 5.11 Å². The van der Waals surface area contributed by atoms with Crippen molar-refractivity contribution in [1.29, 1.82) is 0 Å². The second-order valence-electron chi connectivity index (χ2n) is 4.28. The van der Waals surface area contributed by atoms with Gasteiger partial charge in [0.1, 0.15) is 5.75 Å². The van der Waals surface area contributed by atoms with E-state index in [1.807, 2.05) is 19.1 Å². The molecule has 0 spiro atoms. The first-order valence-corrected chi connectivity index (χ1v) is 6.87. The molecule has 3 rings (SSSR count). The average molecular weight is 292 g/mol. The van der Waals surface area contributed by atoms with E-state index in [-0.39, 0.29) is 11.3 Å². The van der Waals surface area contributed by atoms with Crippen molar-refractivity contribution >= 4 is 33.8 Å². The Morgan fingerprint density at radius 1 is 1.26 bits per heavy atom. The highest BCUT2D eigenvalue weighted by atomic mass is 35.5. The number of aromatic nitrogens is 1. The van der Waals surface area contributed by atoms with Crippen LogP contribution in [0.5, 0.6) is 5.75 Å². The lowest BCUT2D eigenvalue weighted by molar-refractivity contribution is 0.483. The maximum absolute atomic E-state index is 12.1. The molecule has 0 fully saturated rings. The van der Waals surface area contributed by atoms with Crippen molar-refractivity contribution in [2.75, 3.05) is 0 Å². The molecule has 5 heteroatoms. The Hall–Kier alpha value is -1.78. The normalized spacial score (nSPS) is 11.1. The van der Waals surface area contributed by atoms with Gasteiger partial charge in [-0.1, -0.05) is 11.6 Å². The molecule has 1 aromatic carbocycles. The first-order valence-electron chi connectivity index (χ1n) is 5.67. The summed E-state index contributed by atoms with van der Waals surface area (Å²) in [5.41, 5.74) is 0.536. The fourth-order valence-corrected chi connectivity index (χ4v) is 3.13. The van der Waals surface area contributed by atoms with Crippen molar-refractivity contribution in [2.24, 2.45) is 0 Å². The molecule has 0 saturated heterocycles. The van der Waals surface area contributed by atoms with Gasteiger partial charge in [-0.3, -0.25) is 4.79 Å². The van der Waals surface area contributed by atoms with E-state index in [4.69, 9.17) is 11.6 Å². The maximum Gasteiger partial charge on any atom is 0.260 e. The maximum atomic E-state index is 12.1. The Morgan fingerprint density at radius 2 is 2.05 bits per heavy atom. The van der Waals surface area contributed by atoms with Gasteiger partial charge in [-0.15, -0.1) is 11.3 Å². The number of aromatic amines is 1. The van der Waals surface area contributed by atoms with E-state index in [2.05, 4.69) is 4.98 Å². The zero-order valence-corrected chi connectivity index (χ0v) is 11.6. The molecule has 0 aliphatic heterocycles. The molecule has 96 valence electrons. The summed E-state index contributed by atoms with van der Waals surface area (Å²) in [6, 6.07) is 8.77. The smallest absolute Gasteiger partial charge is 0.260 e. The number of aryl methyl sites for hydroxylation is 1. The fraction of sp³-hybridized carbons (Fsp3) is 0.0714. The monoisotopic (exact) mass is 291 g/mol. The second kappa shape index (κ2) is 4.40. The Kier molecular flexibility index (Phi) is 2.84. The molecule has 3 aromatic rings. The van der Waals surface area contributed by atoms with E-state index in [9.17, 15) is 9.90 Å². The van der Waals surface area contributed by atoms with Crippen LogP contribution in [0.1, 0.15) is 4.88 Å². The third-order valence-corrected chi connectivity index (χ3v) is 4.19. The highest BCUT2D eigenvalue weighted by molar-refractivity contribution is 7.15.